The van der Waals surface area contributed by atoms with Crippen LogP contribution in [0.5, 0.6) is 0 Å². The molecule has 0 aliphatic heterocycles. The van der Waals surface area contributed by atoms with Gasteiger partial charge < -0.3 is 14.2 Å². The van der Waals surface area contributed by atoms with Crippen molar-refractivity contribution in [2.75, 3.05) is 13.2 Å². The number of carbonyl (C=O) groups is 3. The Morgan fingerprint density at radius 1 is 0.253 bits per heavy atom. The highest BCUT2D eigenvalue weighted by Gasteiger charge is 2.19. The van der Waals surface area contributed by atoms with Crippen LogP contribution in [-0.4, -0.2) is 37.2 Å². The molecule has 1 unspecified atom stereocenters. The van der Waals surface area contributed by atoms with Crippen LogP contribution in [0.25, 0.3) is 0 Å². The van der Waals surface area contributed by atoms with Crippen LogP contribution in [0.1, 0.15) is 316 Å². The summed E-state index contributed by atoms with van der Waals surface area (Å²) in [5.41, 5.74) is 0. The van der Waals surface area contributed by atoms with Gasteiger partial charge in [0, 0.05) is 19.3 Å². The molecule has 0 amide bonds. The van der Waals surface area contributed by atoms with Crippen molar-refractivity contribution in [3.63, 3.8) is 0 Å². The minimum absolute atomic E-state index is 0.0957. The topological polar surface area (TPSA) is 78.9 Å². The highest BCUT2D eigenvalue weighted by atomic mass is 16.6. The summed E-state index contributed by atoms with van der Waals surface area (Å²) < 4.78 is 17.0. The van der Waals surface area contributed by atoms with Gasteiger partial charge in [0.15, 0.2) is 6.10 Å². The molecule has 1 atom stereocenters. The van der Waals surface area contributed by atoms with Crippen LogP contribution >= 0.6 is 0 Å². The maximum atomic E-state index is 13.0. The van der Waals surface area contributed by atoms with Gasteiger partial charge in [0.2, 0.25) is 0 Å². The maximum Gasteiger partial charge on any atom is 0.306 e. The average Bonchev–Trinajstić information content (AvgIpc) is 3.49. The third-order valence-corrected chi connectivity index (χ3v) is 14.7. The fourth-order valence-electron chi connectivity index (χ4n) is 9.53. The summed E-state index contributed by atoms with van der Waals surface area (Å²) in [7, 11) is 0. The highest BCUT2D eigenvalue weighted by molar-refractivity contribution is 5.71. The van der Waals surface area contributed by atoms with Gasteiger partial charge in [-0.05, 0) is 116 Å². The lowest BCUT2D eigenvalue weighted by molar-refractivity contribution is -0.167. The Balaban J connectivity index is 4.48. The first-order valence-electron chi connectivity index (χ1n) is 34.7. The molecule has 0 spiro atoms. The lowest BCUT2D eigenvalue weighted by atomic mass is 10.0. The molecule has 0 aromatic heterocycles. The van der Waals surface area contributed by atoms with E-state index in [9.17, 15) is 14.4 Å². The molecule has 0 aliphatic carbocycles. The highest BCUT2D eigenvalue weighted by Crippen LogP contribution is 2.17. The van der Waals surface area contributed by atoms with Gasteiger partial charge in [-0.3, -0.25) is 14.4 Å². The van der Waals surface area contributed by atoms with E-state index in [4.69, 9.17) is 14.2 Å². The number of hydrogen-bond acceptors (Lipinski definition) is 6. The second kappa shape index (κ2) is 70.0. The van der Waals surface area contributed by atoms with Crippen LogP contribution in [-0.2, 0) is 28.6 Å². The largest absolute Gasteiger partial charge is 0.462 e. The van der Waals surface area contributed by atoms with Gasteiger partial charge in [-0.15, -0.1) is 0 Å². The fourth-order valence-corrected chi connectivity index (χ4v) is 9.53. The first-order valence-corrected chi connectivity index (χ1v) is 34.7. The minimum atomic E-state index is -0.806. The summed E-state index contributed by atoms with van der Waals surface area (Å²) in [6.07, 6.45) is 98.9. The van der Waals surface area contributed by atoms with Crippen molar-refractivity contribution < 1.29 is 28.6 Å². The number of hydrogen-bond donors (Lipinski definition) is 0. The van der Waals surface area contributed by atoms with Crippen LogP contribution in [0.2, 0.25) is 0 Å². The Labute approximate surface area is 513 Å². The molecule has 0 fully saturated rings. The zero-order chi connectivity index (χ0) is 59.9. The van der Waals surface area contributed by atoms with Crippen LogP contribution in [0.3, 0.4) is 0 Å². The predicted octanol–water partition coefficient (Wildman–Crippen LogP) is 24.1. The number of unbranched alkanes of at least 4 members (excludes halogenated alkanes) is 29. The van der Waals surface area contributed by atoms with Gasteiger partial charge >= 0.3 is 17.9 Å². The molecule has 0 aromatic carbocycles. The lowest BCUT2D eigenvalue weighted by Crippen LogP contribution is -2.30. The van der Waals surface area contributed by atoms with Crippen LogP contribution in [0.15, 0.2) is 134 Å². The van der Waals surface area contributed by atoms with E-state index in [0.717, 1.165) is 161 Å². The molecule has 472 valence electrons. The molecule has 0 N–H and O–H groups in total. The second-order valence-corrected chi connectivity index (χ2v) is 22.7. The Bertz CT molecular complexity index is 1750. The third-order valence-electron chi connectivity index (χ3n) is 14.7. The first kappa shape index (κ1) is 78.5. The number of ether oxygens (including phenoxy) is 3. The molecule has 0 heterocycles. The van der Waals surface area contributed by atoms with Crippen molar-refractivity contribution in [3.05, 3.63) is 134 Å². The zero-order valence-corrected chi connectivity index (χ0v) is 54.2. The number of esters is 3. The third kappa shape index (κ3) is 68.2. The molecule has 0 aliphatic rings. The Kier molecular flexibility index (Phi) is 66.3. The molecule has 0 saturated heterocycles. The van der Waals surface area contributed by atoms with Gasteiger partial charge in [0.05, 0.1) is 0 Å². The first-order chi connectivity index (χ1) is 41.0. The van der Waals surface area contributed by atoms with E-state index in [2.05, 4.69) is 154 Å². The van der Waals surface area contributed by atoms with E-state index in [-0.39, 0.29) is 31.1 Å². The smallest absolute Gasteiger partial charge is 0.306 e. The van der Waals surface area contributed by atoms with Gasteiger partial charge in [0.1, 0.15) is 13.2 Å². The predicted molar refractivity (Wildman–Crippen MR) is 362 cm³/mol. The van der Waals surface area contributed by atoms with Gasteiger partial charge in [-0.25, -0.2) is 0 Å². The number of rotatable bonds is 62. The number of carbonyl (C=O) groups excluding carboxylic acids is 3. The monoisotopic (exact) mass is 1150 g/mol. The lowest BCUT2D eigenvalue weighted by Gasteiger charge is -2.18. The quantitative estimate of drug-likeness (QED) is 0.0261. The van der Waals surface area contributed by atoms with Gasteiger partial charge in [0.25, 0.3) is 0 Å². The van der Waals surface area contributed by atoms with Crippen molar-refractivity contribution >= 4 is 17.9 Å². The Hall–Kier alpha value is -4.45. The van der Waals surface area contributed by atoms with E-state index in [1.165, 1.54) is 116 Å². The molecule has 0 rings (SSSR count). The molecule has 6 nitrogen and oxygen atoms in total. The molecular formula is C77H128O6. The van der Waals surface area contributed by atoms with Crippen LogP contribution in [0, 0.1) is 0 Å². The molecule has 6 heteroatoms. The summed E-state index contributed by atoms with van der Waals surface area (Å²) >= 11 is 0. The van der Waals surface area contributed by atoms with E-state index < -0.39 is 6.10 Å². The van der Waals surface area contributed by atoms with Gasteiger partial charge in [-0.1, -0.05) is 315 Å². The normalized spacial score (nSPS) is 13.0. The number of allylic oxidation sites excluding steroid dienone is 22. The van der Waals surface area contributed by atoms with Crippen molar-refractivity contribution in [1.29, 1.82) is 0 Å². The fraction of sp³-hybridized carbons (Fsp3) is 0.675. The van der Waals surface area contributed by atoms with E-state index in [1.54, 1.807) is 0 Å². The zero-order valence-electron chi connectivity index (χ0n) is 54.2. The summed E-state index contributed by atoms with van der Waals surface area (Å²) in [5, 5.41) is 0. The van der Waals surface area contributed by atoms with E-state index in [0.29, 0.717) is 19.3 Å². The summed E-state index contributed by atoms with van der Waals surface area (Å²) in [4.78, 5) is 38.5. The molecule has 0 bridgehead atoms. The van der Waals surface area contributed by atoms with Gasteiger partial charge in [-0.2, -0.15) is 0 Å². The molecular weight excluding hydrogens is 1020 g/mol. The molecule has 83 heavy (non-hydrogen) atoms. The molecule has 0 saturated carbocycles. The van der Waals surface area contributed by atoms with Crippen LogP contribution in [0.4, 0.5) is 0 Å². The summed E-state index contributed by atoms with van der Waals surface area (Å²) in [6, 6.07) is 0. The average molecular weight is 1150 g/mol. The molecule has 0 aromatic rings. The van der Waals surface area contributed by atoms with E-state index >= 15 is 0 Å². The summed E-state index contributed by atoms with van der Waals surface area (Å²) in [6.45, 7) is 6.41. The second-order valence-electron chi connectivity index (χ2n) is 22.7. The SMILES string of the molecule is CC/C=C\C/C=C\C/C=C\C/C=C\C/C=C\C/C=C\CCCCCCC(=O)OCC(COC(=O)CCCCCCCCCCCCCCCCCCCCCCC)OC(=O)CCCCCCC/C=C\C/C=C\C/C=C\C/C=C\C/C=C\CC. The molecule has 0 radical (unpaired) electrons. The standard InChI is InChI=1S/C77H128O6/c1-4-7-10-13-16-19-22-25-28-31-34-37-38-41-43-46-49-52-55-58-61-64-67-70-76(79)82-73-74(83-77(80)71-68-65-62-59-56-53-50-47-44-40-36-33-30-27-24-21-18-15-12-9-6-3)72-81-75(78)69-66-63-60-57-54-51-48-45-42-39-35-32-29-26-23-20-17-14-11-8-5-2/h7,9-10,12,16,18-19,21,25,27-28,30,34,36-37,40-41,43,47,49-50,52,74H,4-6,8,11,13-15,17,20,22-24,26,29,31-33,35,38-39,42,44-46,48,51,53-73H2,1-3H3/b10-7-,12-9-,19-16-,21-18-,28-25-,30-27-,37-34-,40-36-,43-41-,50-47-,52-49-. The summed E-state index contributed by atoms with van der Waals surface area (Å²) in [5.74, 6) is -0.931. The van der Waals surface area contributed by atoms with Crippen molar-refractivity contribution in [2.24, 2.45) is 0 Å². The van der Waals surface area contributed by atoms with E-state index in [1.807, 2.05) is 0 Å². The Morgan fingerprint density at radius 3 is 0.735 bits per heavy atom. The van der Waals surface area contributed by atoms with Crippen molar-refractivity contribution in [3.8, 4) is 0 Å². The Morgan fingerprint density at radius 2 is 0.470 bits per heavy atom. The maximum absolute atomic E-state index is 13.0. The van der Waals surface area contributed by atoms with Crippen molar-refractivity contribution in [1.82, 2.24) is 0 Å². The minimum Gasteiger partial charge on any atom is -0.462 e. The van der Waals surface area contributed by atoms with Crippen molar-refractivity contribution in [2.45, 2.75) is 322 Å². The van der Waals surface area contributed by atoms with Crippen LogP contribution < -0.4 is 0 Å².